The number of rotatable bonds is 3. The van der Waals surface area contributed by atoms with Crippen molar-refractivity contribution in [3.05, 3.63) is 29.3 Å². The van der Waals surface area contributed by atoms with Crippen molar-refractivity contribution in [2.75, 3.05) is 18.6 Å². The van der Waals surface area contributed by atoms with Crippen molar-refractivity contribution in [1.82, 2.24) is 9.88 Å². The van der Waals surface area contributed by atoms with Crippen LogP contribution >= 0.6 is 11.3 Å². The molecule has 1 aromatic heterocycles. The minimum atomic E-state index is -2.82. The fourth-order valence-corrected chi connectivity index (χ4v) is 5.29. The van der Waals surface area contributed by atoms with E-state index in [4.69, 9.17) is 0 Å². The second-order valence-corrected chi connectivity index (χ2v) is 8.39. The predicted molar refractivity (Wildman–Crippen MR) is 78.1 cm³/mol. The van der Waals surface area contributed by atoms with E-state index >= 15 is 0 Å². The van der Waals surface area contributed by atoms with Gasteiger partial charge < -0.3 is 0 Å². The molecular weight excluding hydrogens is 280 g/mol. The van der Waals surface area contributed by atoms with Crippen LogP contribution < -0.4 is 0 Å². The Kier molecular flexibility index (Phi) is 3.32. The van der Waals surface area contributed by atoms with Crippen LogP contribution in [0.15, 0.2) is 24.3 Å². The molecule has 102 valence electrons. The van der Waals surface area contributed by atoms with Gasteiger partial charge in [0.2, 0.25) is 0 Å². The van der Waals surface area contributed by atoms with Gasteiger partial charge >= 0.3 is 0 Å². The standard InChI is InChI=1S/C13H16N2O2S2/c1-15(10-6-7-19(16,17)9-10)8-13-14-11-4-2-3-5-12(11)18-13/h2-5,10H,6-9H2,1H3/t10-/m1/s1. The average Bonchev–Trinajstić information content (AvgIpc) is 2.91. The van der Waals surface area contributed by atoms with E-state index in [1.54, 1.807) is 11.3 Å². The third-order valence-electron chi connectivity index (χ3n) is 3.55. The van der Waals surface area contributed by atoms with Crippen LogP contribution in [0.25, 0.3) is 10.2 Å². The lowest BCUT2D eigenvalue weighted by Crippen LogP contribution is -2.32. The first kappa shape index (κ1) is 13.0. The molecule has 2 heterocycles. The zero-order valence-corrected chi connectivity index (χ0v) is 12.4. The Morgan fingerprint density at radius 3 is 2.89 bits per heavy atom. The summed E-state index contributed by atoms with van der Waals surface area (Å²) in [6.07, 6.45) is 0.740. The normalized spacial score (nSPS) is 22.3. The molecule has 0 aliphatic carbocycles. The third kappa shape index (κ3) is 2.80. The van der Waals surface area contributed by atoms with Crippen molar-refractivity contribution in [3.8, 4) is 0 Å². The van der Waals surface area contributed by atoms with Gasteiger partial charge in [0.1, 0.15) is 5.01 Å². The highest BCUT2D eigenvalue weighted by molar-refractivity contribution is 7.91. The first-order valence-electron chi connectivity index (χ1n) is 6.29. The molecule has 0 bridgehead atoms. The molecule has 0 unspecified atom stereocenters. The van der Waals surface area contributed by atoms with Gasteiger partial charge in [0.15, 0.2) is 9.84 Å². The summed E-state index contributed by atoms with van der Waals surface area (Å²) in [5.74, 6) is 0.607. The Bertz CT molecular complexity index is 660. The molecule has 1 atom stereocenters. The van der Waals surface area contributed by atoms with E-state index in [1.807, 2.05) is 25.2 Å². The zero-order valence-electron chi connectivity index (χ0n) is 10.7. The molecule has 0 amide bonds. The Morgan fingerprint density at radius 2 is 2.21 bits per heavy atom. The number of thiazole rings is 1. The highest BCUT2D eigenvalue weighted by atomic mass is 32.2. The Hall–Kier alpha value is -0.980. The van der Waals surface area contributed by atoms with E-state index in [-0.39, 0.29) is 11.8 Å². The second-order valence-electron chi connectivity index (χ2n) is 5.05. The average molecular weight is 296 g/mol. The Morgan fingerprint density at radius 1 is 1.42 bits per heavy atom. The molecule has 2 aromatic rings. The summed E-state index contributed by atoms with van der Waals surface area (Å²) in [6.45, 7) is 0.722. The van der Waals surface area contributed by atoms with Gasteiger partial charge in [0.05, 0.1) is 28.3 Å². The maximum atomic E-state index is 11.5. The lowest BCUT2D eigenvalue weighted by atomic mass is 10.2. The Labute approximate surface area is 117 Å². The quantitative estimate of drug-likeness (QED) is 0.868. The molecule has 1 aliphatic heterocycles. The first-order valence-corrected chi connectivity index (χ1v) is 8.92. The number of para-hydroxylation sites is 1. The van der Waals surface area contributed by atoms with Gasteiger partial charge in [-0.15, -0.1) is 11.3 Å². The van der Waals surface area contributed by atoms with Crippen molar-refractivity contribution in [3.63, 3.8) is 0 Å². The molecule has 1 aromatic carbocycles. The minimum absolute atomic E-state index is 0.136. The van der Waals surface area contributed by atoms with Gasteiger partial charge in [-0.05, 0) is 25.6 Å². The van der Waals surface area contributed by atoms with Crippen molar-refractivity contribution in [2.45, 2.75) is 19.0 Å². The highest BCUT2D eigenvalue weighted by Crippen LogP contribution is 2.24. The molecule has 1 saturated heterocycles. The molecule has 1 fully saturated rings. The number of sulfone groups is 1. The van der Waals surface area contributed by atoms with Gasteiger partial charge in [0, 0.05) is 6.04 Å². The number of aromatic nitrogens is 1. The van der Waals surface area contributed by atoms with Crippen molar-refractivity contribution in [2.24, 2.45) is 0 Å². The maximum Gasteiger partial charge on any atom is 0.151 e. The molecule has 1 aliphatic rings. The van der Waals surface area contributed by atoms with Gasteiger partial charge in [-0.1, -0.05) is 12.1 Å². The van der Waals surface area contributed by atoms with Crippen LogP contribution in [0.4, 0.5) is 0 Å². The van der Waals surface area contributed by atoms with Crippen LogP contribution in [0.2, 0.25) is 0 Å². The first-order chi connectivity index (χ1) is 9.03. The summed E-state index contributed by atoms with van der Waals surface area (Å²) in [5.41, 5.74) is 1.02. The van der Waals surface area contributed by atoms with E-state index in [9.17, 15) is 8.42 Å². The molecule has 4 nitrogen and oxygen atoms in total. The largest absolute Gasteiger partial charge is 0.296 e. The molecule has 0 N–H and O–H groups in total. The fraction of sp³-hybridized carbons (Fsp3) is 0.462. The zero-order chi connectivity index (χ0) is 13.5. The third-order valence-corrected chi connectivity index (χ3v) is 6.33. The Balaban J connectivity index is 1.74. The van der Waals surface area contributed by atoms with E-state index in [0.717, 1.165) is 23.5 Å². The van der Waals surface area contributed by atoms with E-state index in [2.05, 4.69) is 16.0 Å². The monoisotopic (exact) mass is 296 g/mol. The number of hydrogen-bond acceptors (Lipinski definition) is 5. The summed E-state index contributed by atoms with van der Waals surface area (Å²) in [7, 11) is -0.832. The van der Waals surface area contributed by atoms with Crippen molar-refractivity contribution >= 4 is 31.4 Å². The topological polar surface area (TPSA) is 50.3 Å². The van der Waals surface area contributed by atoms with Crippen LogP contribution in [0, 0.1) is 0 Å². The second kappa shape index (κ2) is 4.85. The minimum Gasteiger partial charge on any atom is -0.296 e. The lowest BCUT2D eigenvalue weighted by Gasteiger charge is -2.21. The van der Waals surface area contributed by atoms with Crippen molar-refractivity contribution in [1.29, 1.82) is 0 Å². The summed E-state index contributed by atoms with van der Waals surface area (Å²) >= 11 is 1.68. The van der Waals surface area contributed by atoms with Crippen LogP contribution in [-0.4, -0.2) is 42.9 Å². The molecular formula is C13H16N2O2S2. The summed E-state index contributed by atoms with van der Waals surface area (Å²) in [4.78, 5) is 6.70. The summed E-state index contributed by atoms with van der Waals surface area (Å²) in [6, 6.07) is 8.21. The van der Waals surface area contributed by atoms with E-state index in [1.165, 1.54) is 4.70 Å². The van der Waals surface area contributed by atoms with Crippen LogP contribution in [0.5, 0.6) is 0 Å². The van der Waals surface area contributed by atoms with Crippen LogP contribution in [-0.2, 0) is 16.4 Å². The number of benzene rings is 1. The number of fused-ring (bicyclic) bond motifs is 1. The number of nitrogens with zero attached hydrogens (tertiary/aromatic N) is 2. The highest BCUT2D eigenvalue weighted by Gasteiger charge is 2.30. The molecule has 0 spiro atoms. The molecule has 0 radical (unpaired) electrons. The molecule has 0 saturated carbocycles. The smallest absolute Gasteiger partial charge is 0.151 e. The van der Waals surface area contributed by atoms with Gasteiger partial charge in [-0.25, -0.2) is 13.4 Å². The summed E-state index contributed by atoms with van der Waals surface area (Å²) < 4.78 is 24.2. The fourth-order valence-electron chi connectivity index (χ4n) is 2.45. The molecule has 19 heavy (non-hydrogen) atoms. The van der Waals surface area contributed by atoms with Crippen molar-refractivity contribution < 1.29 is 8.42 Å². The number of hydrogen-bond donors (Lipinski definition) is 0. The van der Waals surface area contributed by atoms with Gasteiger partial charge in [0.25, 0.3) is 0 Å². The summed E-state index contributed by atoms with van der Waals surface area (Å²) in [5, 5.41) is 1.05. The van der Waals surface area contributed by atoms with Crippen LogP contribution in [0.1, 0.15) is 11.4 Å². The van der Waals surface area contributed by atoms with E-state index in [0.29, 0.717) is 5.75 Å². The lowest BCUT2D eigenvalue weighted by molar-refractivity contribution is 0.254. The van der Waals surface area contributed by atoms with Crippen LogP contribution in [0.3, 0.4) is 0 Å². The molecule has 6 heteroatoms. The maximum absolute atomic E-state index is 11.5. The van der Waals surface area contributed by atoms with Gasteiger partial charge in [-0.2, -0.15) is 0 Å². The SMILES string of the molecule is CN(Cc1nc2ccccc2s1)[C@@H]1CCS(=O)(=O)C1. The molecule has 3 rings (SSSR count). The van der Waals surface area contributed by atoms with Gasteiger partial charge in [-0.3, -0.25) is 4.90 Å². The van der Waals surface area contributed by atoms with E-state index < -0.39 is 9.84 Å². The predicted octanol–water partition coefficient (Wildman–Crippen LogP) is 1.92.